The molecule has 0 saturated carbocycles. The van der Waals surface area contributed by atoms with Crippen LogP contribution in [0.1, 0.15) is 47.2 Å². The number of aromatic nitrogens is 2. The van der Waals surface area contributed by atoms with Crippen molar-refractivity contribution in [2.75, 3.05) is 7.11 Å². The highest BCUT2D eigenvalue weighted by molar-refractivity contribution is 6.35. The fourth-order valence-corrected chi connectivity index (χ4v) is 6.22. The molecule has 2 aliphatic rings. The zero-order valence-corrected chi connectivity index (χ0v) is 22.3. The van der Waals surface area contributed by atoms with Crippen LogP contribution in [-0.2, 0) is 17.6 Å². The number of hydrogen-bond acceptors (Lipinski definition) is 4. The van der Waals surface area contributed by atoms with Gasteiger partial charge in [-0.05, 0) is 79.3 Å². The summed E-state index contributed by atoms with van der Waals surface area (Å²) in [5.41, 5.74) is 6.27. The summed E-state index contributed by atoms with van der Waals surface area (Å²) in [6.07, 6.45) is 2.21. The monoisotopic (exact) mass is 547 g/mol. The van der Waals surface area contributed by atoms with Gasteiger partial charge in [-0.15, -0.1) is 0 Å². The Balaban J connectivity index is 1.39. The Hall–Kier alpha value is -3.32. The Labute approximate surface area is 231 Å². The number of hydrogen-bond donors (Lipinski definition) is 2. The molecule has 2 N–H and O–H groups in total. The van der Waals surface area contributed by atoms with Gasteiger partial charge in [0.25, 0.3) is 0 Å². The molecule has 0 fully saturated rings. The number of amides is 1. The van der Waals surface area contributed by atoms with Crippen LogP contribution in [0.2, 0.25) is 10.0 Å². The van der Waals surface area contributed by atoms with Gasteiger partial charge in [0.2, 0.25) is 5.91 Å². The third-order valence-corrected chi connectivity index (χ3v) is 8.14. The average Bonchev–Trinajstić information content (AvgIpc) is 3.46. The Morgan fingerprint density at radius 1 is 1.11 bits per heavy atom. The molecule has 1 aromatic heterocycles. The highest BCUT2D eigenvalue weighted by Gasteiger charge is 2.37. The second-order valence-corrected chi connectivity index (χ2v) is 10.7. The predicted octanol–water partition coefficient (Wildman–Crippen LogP) is 6.05. The number of rotatable bonds is 5. The lowest BCUT2D eigenvalue weighted by atomic mass is 9.85. The molecule has 4 aromatic rings. The molecule has 0 bridgehead atoms. The topological polar surface area (TPSA) is 76.4 Å². The molecule has 1 amide bonds. The minimum atomic E-state index is -0.724. The van der Waals surface area contributed by atoms with Crippen LogP contribution >= 0.6 is 23.2 Å². The lowest BCUT2D eigenvalue weighted by Crippen LogP contribution is -2.41. The molecule has 6 rings (SSSR count). The smallest absolute Gasteiger partial charge is 0.229 e. The maximum Gasteiger partial charge on any atom is 0.229 e. The number of methoxy groups -OCH3 is 1. The quantitative estimate of drug-likeness (QED) is 0.319. The zero-order chi connectivity index (χ0) is 26.4. The Morgan fingerprint density at radius 2 is 1.89 bits per heavy atom. The summed E-state index contributed by atoms with van der Waals surface area (Å²) >= 11 is 12.8. The maximum absolute atomic E-state index is 13.7. The van der Waals surface area contributed by atoms with Gasteiger partial charge in [0.15, 0.2) is 0 Å². The van der Waals surface area contributed by atoms with E-state index in [1.165, 1.54) is 0 Å². The third-order valence-electron chi connectivity index (χ3n) is 7.60. The van der Waals surface area contributed by atoms with Gasteiger partial charge in [-0.3, -0.25) is 4.79 Å². The predicted molar refractivity (Wildman–Crippen MR) is 148 cm³/mol. The van der Waals surface area contributed by atoms with Crippen LogP contribution in [0, 0.1) is 0 Å². The standard InChI is InChI=1S/C30H27Cl2N3O3/c1-38-20-12-9-17(10-13-20)28-22-7-4-8-23(27(22)34-35(28)26-14-11-19(31)16-24(26)32)30(37)33-25-15-18-5-2-3-6-21(18)29(25)36/h2-3,5-6,9-14,16,23,25,29,36H,4,7-8,15H2,1H3,(H,33,37)/t23?,25?,29-/m1/s1. The summed E-state index contributed by atoms with van der Waals surface area (Å²) < 4.78 is 7.19. The van der Waals surface area contributed by atoms with E-state index in [-0.39, 0.29) is 11.9 Å². The molecule has 0 saturated heterocycles. The van der Waals surface area contributed by atoms with Crippen molar-refractivity contribution in [2.45, 2.75) is 43.7 Å². The van der Waals surface area contributed by atoms with Crippen molar-refractivity contribution < 1.29 is 14.6 Å². The summed E-state index contributed by atoms with van der Waals surface area (Å²) in [6, 6.07) is 20.6. The molecule has 38 heavy (non-hydrogen) atoms. The van der Waals surface area contributed by atoms with E-state index in [4.69, 9.17) is 33.0 Å². The van der Waals surface area contributed by atoms with E-state index in [9.17, 15) is 9.90 Å². The van der Waals surface area contributed by atoms with Gasteiger partial charge < -0.3 is 15.2 Å². The minimum Gasteiger partial charge on any atom is -0.497 e. The first kappa shape index (κ1) is 25.0. The molecule has 2 aliphatic carbocycles. The normalized spacial score (nSPS) is 20.1. The van der Waals surface area contributed by atoms with Gasteiger partial charge in [-0.25, -0.2) is 4.68 Å². The molecule has 3 aromatic carbocycles. The molecule has 8 heteroatoms. The molecule has 0 spiro atoms. The van der Waals surface area contributed by atoms with Gasteiger partial charge in [0.05, 0.1) is 47.3 Å². The summed E-state index contributed by atoms with van der Waals surface area (Å²) in [5.74, 6) is 0.210. The van der Waals surface area contributed by atoms with Gasteiger partial charge >= 0.3 is 0 Å². The zero-order valence-electron chi connectivity index (χ0n) is 20.8. The van der Waals surface area contributed by atoms with Gasteiger partial charge in [0, 0.05) is 16.1 Å². The van der Waals surface area contributed by atoms with Crippen molar-refractivity contribution in [1.82, 2.24) is 15.1 Å². The Morgan fingerprint density at radius 3 is 2.63 bits per heavy atom. The molecule has 6 nitrogen and oxygen atoms in total. The first-order valence-electron chi connectivity index (χ1n) is 12.7. The third kappa shape index (κ3) is 4.37. The molecule has 2 unspecified atom stereocenters. The Kier molecular flexibility index (Phi) is 6.64. The summed E-state index contributed by atoms with van der Waals surface area (Å²) in [4.78, 5) is 13.7. The van der Waals surface area contributed by atoms with E-state index < -0.39 is 12.0 Å². The van der Waals surface area contributed by atoms with Crippen LogP contribution in [-0.4, -0.2) is 33.9 Å². The number of benzene rings is 3. The van der Waals surface area contributed by atoms with Crippen LogP contribution < -0.4 is 10.1 Å². The van der Waals surface area contributed by atoms with Crippen molar-refractivity contribution in [3.63, 3.8) is 0 Å². The van der Waals surface area contributed by atoms with Crippen LogP contribution in [0.3, 0.4) is 0 Å². The van der Waals surface area contributed by atoms with E-state index in [2.05, 4.69) is 5.32 Å². The second kappa shape index (κ2) is 10.1. The highest BCUT2D eigenvalue weighted by Crippen LogP contribution is 2.41. The fraction of sp³-hybridized carbons (Fsp3) is 0.267. The average molecular weight is 548 g/mol. The molecule has 0 radical (unpaired) electrons. The van der Waals surface area contributed by atoms with Gasteiger partial charge in [0.1, 0.15) is 5.75 Å². The number of aliphatic hydroxyl groups excluding tert-OH is 1. The lowest BCUT2D eigenvalue weighted by Gasteiger charge is -2.24. The number of aliphatic hydroxyl groups is 1. The molecular formula is C30H27Cl2N3O3. The lowest BCUT2D eigenvalue weighted by molar-refractivity contribution is -0.124. The number of halogens is 2. The summed E-state index contributed by atoms with van der Waals surface area (Å²) in [5, 5.41) is 20.0. The molecule has 3 atom stereocenters. The SMILES string of the molecule is COc1ccc(-c2c3c(nn2-c2ccc(Cl)cc2Cl)C(C(=O)NC2Cc4ccccc4[C@H]2O)CCC3)cc1. The number of fused-ring (bicyclic) bond motifs is 2. The van der Waals surface area contributed by atoms with Crippen LogP contribution in [0.25, 0.3) is 16.9 Å². The van der Waals surface area contributed by atoms with Crippen LogP contribution in [0.4, 0.5) is 0 Å². The summed E-state index contributed by atoms with van der Waals surface area (Å²) in [6.45, 7) is 0. The fourth-order valence-electron chi connectivity index (χ4n) is 5.73. The van der Waals surface area contributed by atoms with Gasteiger partial charge in [-0.1, -0.05) is 47.5 Å². The number of nitrogens with zero attached hydrogens (tertiary/aromatic N) is 2. The largest absolute Gasteiger partial charge is 0.497 e. The Bertz CT molecular complexity index is 1520. The van der Waals surface area contributed by atoms with Gasteiger partial charge in [-0.2, -0.15) is 5.10 Å². The first-order chi connectivity index (χ1) is 18.4. The van der Waals surface area contributed by atoms with E-state index in [1.54, 1.807) is 19.2 Å². The molecule has 0 aliphatic heterocycles. The number of carbonyl (C=O) groups excluding carboxylic acids is 1. The van der Waals surface area contributed by atoms with Crippen molar-refractivity contribution in [1.29, 1.82) is 0 Å². The minimum absolute atomic E-state index is 0.115. The number of carbonyl (C=O) groups is 1. The molecule has 194 valence electrons. The number of ether oxygens (including phenoxy) is 1. The van der Waals surface area contributed by atoms with Crippen molar-refractivity contribution >= 4 is 29.1 Å². The van der Waals surface area contributed by atoms with Crippen LogP contribution in [0.15, 0.2) is 66.7 Å². The van der Waals surface area contributed by atoms with E-state index in [0.717, 1.165) is 52.2 Å². The van der Waals surface area contributed by atoms with E-state index in [1.807, 2.05) is 59.3 Å². The second-order valence-electron chi connectivity index (χ2n) is 9.86. The van der Waals surface area contributed by atoms with E-state index >= 15 is 0 Å². The highest BCUT2D eigenvalue weighted by atomic mass is 35.5. The van der Waals surface area contributed by atoms with Crippen molar-refractivity contribution in [2.24, 2.45) is 0 Å². The van der Waals surface area contributed by atoms with E-state index in [0.29, 0.717) is 28.6 Å². The summed E-state index contributed by atoms with van der Waals surface area (Å²) in [7, 11) is 1.64. The van der Waals surface area contributed by atoms with Crippen LogP contribution in [0.5, 0.6) is 5.75 Å². The van der Waals surface area contributed by atoms with Crippen molar-refractivity contribution in [3.05, 3.63) is 99.2 Å². The molecular weight excluding hydrogens is 521 g/mol. The number of nitrogens with one attached hydrogen (secondary N) is 1. The maximum atomic E-state index is 13.7. The van der Waals surface area contributed by atoms with Crippen molar-refractivity contribution in [3.8, 4) is 22.7 Å². The first-order valence-corrected chi connectivity index (χ1v) is 13.5. The molecule has 1 heterocycles.